The summed E-state index contributed by atoms with van der Waals surface area (Å²) in [5, 5.41) is 0. The first kappa shape index (κ1) is 20.0. The summed E-state index contributed by atoms with van der Waals surface area (Å²) in [6.45, 7) is 6.66. The molecule has 0 spiro atoms. The van der Waals surface area contributed by atoms with Crippen molar-refractivity contribution in [2.45, 2.75) is 52.2 Å². The Bertz CT molecular complexity index is 763. The molecule has 150 valence electrons. The lowest BCUT2D eigenvalue weighted by atomic mass is 10.0. The standard InChI is InChI=1S/C21H26N2O5/c1-13(2)12-17(21(27)28-14(3)18(24)22-10-6-7-11-22)23-19(25)15-8-4-5-9-16(15)20(23)26/h4-5,8-9,13-14,17H,6-7,10-12H2,1-3H3/t14-,17-/m0/s1. The molecule has 1 aromatic rings. The number of imide groups is 1. The maximum Gasteiger partial charge on any atom is 0.330 e. The highest BCUT2D eigenvalue weighted by Crippen LogP contribution is 2.27. The molecule has 7 heteroatoms. The van der Waals surface area contributed by atoms with Crippen molar-refractivity contribution in [3.8, 4) is 0 Å². The number of carbonyl (C=O) groups is 4. The molecule has 0 N–H and O–H groups in total. The van der Waals surface area contributed by atoms with Crippen molar-refractivity contribution in [1.82, 2.24) is 9.80 Å². The molecule has 2 aliphatic heterocycles. The maximum absolute atomic E-state index is 12.9. The van der Waals surface area contributed by atoms with Gasteiger partial charge in [-0.1, -0.05) is 26.0 Å². The molecule has 0 aromatic heterocycles. The summed E-state index contributed by atoms with van der Waals surface area (Å²) in [5.41, 5.74) is 0.575. The van der Waals surface area contributed by atoms with Crippen molar-refractivity contribution in [2.75, 3.05) is 13.1 Å². The molecule has 0 radical (unpaired) electrons. The van der Waals surface area contributed by atoms with E-state index in [9.17, 15) is 19.2 Å². The highest BCUT2D eigenvalue weighted by Gasteiger charge is 2.44. The normalized spacial score (nSPS) is 18.4. The number of nitrogens with zero attached hydrogens (tertiary/aromatic N) is 2. The van der Waals surface area contributed by atoms with Crippen molar-refractivity contribution in [3.63, 3.8) is 0 Å². The van der Waals surface area contributed by atoms with Gasteiger partial charge in [0.25, 0.3) is 17.7 Å². The van der Waals surface area contributed by atoms with E-state index in [1.165, 1.54) is 6.92 Å². The Morgan fingerprint density at radius 3 is 2.04 bits per heavy atom. The summed E-state index contributed by atoms with van der Waals surface area (Å²) < 4.78 is 5.42. The number of rotatable bonds is 6. The maximum atomic E-state index is 12.9. The van der Waals surface area contributed by atoms with Crippen molar-refractivity contribution in [2.24, 2.45) is 5.92 Å². The fraction of sp³-hybridized carbons (Fsp3) is 0.524. The van der Waals surface area contributed by atoms with E-state index in [-0.39, 0.29) is 29.4 Å². The molecule has 1 fully saturated rings. The molecule has 0 saturated carbocycles. The number of ether oxygens (including phenoxy) is 1. The van der Waals surface area contributed by atoms with Crippen LogP contribution in [-0.4, -0.2) is 58.7 Å². The molecule has 1 aromatic carbocycles. The molecule has 0 bridgehead atoms. The number of benzene rings is 1. The first-order valence-corrected chi connectivity index (χ1v) is 9.77. The van der Waals surface area contributed by atoms with E-state index in [1.807, 2.05) is 13.8 Å². The third-order valence-corrected chi connectivity index (χ3v) is 5.16. The van der Waals surface area contributed by atoms with Crippen LogP contribution in [-0.2, 0) is 14.3 Å². The van der Waals surface area contributed by atoms with Gasteiger partial charge in [-0.3, -0.25) is 19.3 Å². The molecular formula is C21H26N2O5. The molecule has 2 atom stereocenters. The first-order valence-electron chi connectivity index (χ1n) is 9.77. The predicted octanol–water partition coefficient (Wildman–Crippen LogP) is 2.25. The largest absolute Gasteiger partial charge is 0.451 e. The average Bonchev–Trinajstić information content (AvgIpc) is 3.27. The predicted molar refractivity (Wildman–Crippen MR) is 102 cm³/mol. The van der Waals surface area contributed by atoms with Gasteiger partial charge < -0.3 is 9.64 Å². The molecule has 0 aliphatic carbocycles. The molecule has 7 nitrogen and oxygen atoms in total. The van der Waals surface area contributed by atoms with Gasteiger partial charge in [-0.05, 0) is 44.2 Å². The van der Waals surface area contributed by atoms with Gasteiger partial charge >= 0.3 is 5.97 Å². The van der Waals surface area contributed by atoms with Gasteiger partial charge in [-0.2, -0.15) is 0 Å². The van der Waals surface area contributed by atoms with Crippen LogP contribution in [0.15, 0.2) is 24.3 Å². The van der Waals surface area contributed by atoms with Gasteiger partial charge in [0.05, 0.1) is 11.1 Å². The van der Waals surface area contributed by atoms with Crippen LogP contribution in [0.3, 0.4) is 0 Å². The van der Waals surface area contributed by atoms with Gasteiger partial charge in [-0.25, -0.2) is 4.79 Å². The van der Waals surface area contributed by atoms with Gasteiger partial charge in [-0.15, -0.1) is 0 Å². The Morgan fingerprint density at radius 1 is 1.00 bits per heavy atom. The van der Waals surface area contributed by atoms with E-state index >= 15 is 0 Å². The first-order chi connectivity index (χ1) is 13.3. The Hall–Kier alpha value is -2.70. The van der Waals surface area contributed by atoms with Crippen LogP contribution in [0.4, 0.5) is 0 Å². The number of fused-ring (bicyclic) bond motifs is 1. The van der Waals surface area contributed by atoms with E-state index in [4.69, 9.17) is 4.74 Å². The second-order valence-electron chi connectivity index (χ2n) is 7.78. The molecule has 3 amide bonds. The SMILES string of the molecule is CC(C)C[C@@H](C(=O)O[C@@H](C)C(=O)N1CCCC1)N1C(=O)c2ccccc2C1=O. The zero-order valence-electron chi connectivity index (χ0n) is 16.5. The fourth-order valence-corrected chi connectivity index (χ4v) is 3.74. The number of hydrogen-bond acceptors (Lipinski definition) is 5. The van der Waals surface area contributed by atoms with Crippen LogP contribution in [0.2, 0.25) is 0 Å². The average molecular weight is 386 g/mol. The Kier molecular flexibility index (Phi) is 5.82. The quantitative estimate of drug-likeness (QED) is 0.553. The summed E-state index contributed by atoms with van der Waals surface area (Å²) >= 11 is 0. The van der Waals surface area contributed by atoms with Crippen molar-refractivity contribution < 1.29 is 23.9 Å². The number of carbonyl (C=O) groups excluding carboxylic acids is 4. The molecule has 2 aliphatic rings. The fourth-order valence-electron chi connectivity index (χ4n) is 3.74. The third-order valence-electron chi connectivity index (χ3n) is 5.16. The minimum absolute atomic E-state index is 0.0476. The monoisotopic (exact) mass is 386 g/mol. The second kappa shape index (κ2) is 8.12. The topological polar surface area (TPSA) is 84.0 Å². The van der Waals surface area contributed by atoms with Crippen LogP contribution in [0, 0.1) is 5.92 Å². The minimum Gasteiger partial charge on any atom is -0.451 e. The van der Waals surface area contributed by atoms with Gasteiger partial charge in [0.1, 0.15) is 6.04 Å². The van der Waals surface area contributed by atoms with E-state index in [2.05, 4.69) is 0 Å². The van der Waals surface area contributed by atoms with E-state index in [0.717, 1.165) is 17.7 Å². The zero-order valence-corrected chi connectivity index (χ0v) is 16.5. The molecule has 3 rings (SSSR count). The van der Waals surface area contributed by atoms with Crippen LogP contribution in [0.25, 0.3) is 0 Å². The highest BCUT2D eigenvalue weighted by molar-refractivity contribution is 6.22. The van der Waals surface area contributed by atoms with Crippen LogP contribution in [0.5, 0.6) is 0 Å². The Labute approximate surface area is 164 Å². The van der Waals surface area contributed by atoms with Crippen molar-refractivity contribution in [1.29, 1.82) is 0 Å². The minimum atomic E-state index is -1.05. The molecule has 1 saturated heterocycles. The van der Waals surface area contributed by atoms with E-state index in [1.54, 1.807) is 29.2 Å². The summed E-state index contributed by atoms with van der Waals surface area (Å²) in [7, 11) is 0. The highest BCUT2D eigenvalue weighted by atomic mass is 16.5. The number of esters is 1. The van der Waals surface area contributed by atoms with Crippen molar-refractivity contribution in [3.05, 3.63) is 35.4 Å². The molecule has 0 unspecified atom stereocenters. The van der Waals surface area contributed by atoms with Gasteiger partial charge in [0.2, 0.25) is 0 Å². The van der Waals surface area contributed by atoms with E-state index < -0.39 is 29.9 Å². The number of likely N-dealkylation sites (tertiary alicyclic amines) is 1. The van der Waals surface area contributed by atoms with Gasteiger partial charge in [0, 0.05) is 13.1 Å². The second-order valence-corrected chi connectivity index (χ2v) is 7.78. The lowest BCUT2D eigenvalue weighted by molar-refractivity contribution is -0.162. The summed E-state index contributed by atoms with van der Waals surface area (Å²) in [5.74, 6) is -1.91. The van der Waals surface area contributed by atoms with E-state index in [0.29, 0.717) is 13.1 Å². The van der Waals surface area contributed by atoms with Crippen molar-refractivity contribution >= 4 is 23.7 Å². The zero-order chi connectivity index (χ0) is 20.4. The molecule has 2 heterocycles. The summed E-state index contributed by atoms with van der Waals surface area (Å²) in [4.78, 5) is 53.6. The van der Waals surface area contributed by atoms with Crippen LogP contribution < -0.4 is 0 Å². The molecular weight excluding hydrogens is 360 g/mol. The summed E-state index contributed by atoms with van der Waals surface area (Å²) in [6.07, 6.45) is 1.21. The lowest BCUT2D eigenvalue weighted by Crippen LogP contribution is -2.48. The lowest BCUT2D eigenvalue weighted by Gasteiger charge is -2.28. The Balaban J connectivity index is 1.78. The van der Waals surface area contributed by atoms with Crippen LogP contribution >= 0.6 is 0 Å². The molecule has 28 heavy (non-hydrogen) atoms. The third kappa shape index (κ3) is 3.79. The number of hydrogen-bond donors (Lipinski definition) is 0. The number of amides is 3. The Morgan fingerprint density at radius 2 is 1.54 bits per heavy atom. The summed E-state index contributed by atoms with van der Waals surface area (Å²) in [6, 6.07) is 5.46. The smallest absolute Gasteiger partial charge is 0.330 e. The van der Waals surface area contributed by atoms with Crippen LogP contribution in [0.1, 0.15) is 60.7 Å². The van der Waals surface area contributed by atoms with Gasteiger partial charge in [0.15, 0.2) is 6.10 Å².